The first-order valence-corrected chi connectivity index (χ1v) is 12.5. The molecule has 10 nitrogen and oxygen atoms in total. The summed E-state index contributed by atoms with van der Waals surface area (Å²) in [5.74, 6) is 1.22. The molecule has 3 aromatic carbocycles. The van der Waals surface area contributed by atoms with Gasteiger partial charge < -0.3 is 15.2 Å². The fourth-order valence-corrected chi connectivity index (χ4v) is 5.25. The Morgan fingerprint density at radius 3 is 2.58 bits per heavy atom. The molecule has 7 rings (SSSR count). The van der Waals surface area contributed by atoms with Crippen LogP contribution in [0.2, 0.25) is 0 Å². The monoisotopic (exact) mass is 535 g/mol. The minimum atomic E-state index is -0.628. The molecule has 40 heavy (non-hydrogen) atoms. The summed E-state index contributed by atoms with van der Waals surface area (Å²) < 4.78 is 29.0. The van der Waals surface area contributed by atoms with Crippen molar-refractivity contribution in [3.8, 4) is 28.4 Å². The zero-order valence-corrected chi connectivity index (χ0v) is 21.6. The molecular formula is C29H22FN7O3. The number of ether oxygens (including phenoxy) is 2. The van der Waals surface area contributed by atoms with Crippen LogP contribution in [0.5, 0.6) is 11.5 Å². The van der Waals surface area contributed by atoms with Crippen LogP contribution in [-0.4, -0.2) is 36.1 Å². The van der Waals surface area contributed by atoms with Gasteiger partial charge in [-0.05, 0) is 55.3 Å². The number of rotatable bonds is 4. The Bertz CT molecular complexity index is 2030. The van der Waals surface area contributed by atoms with Crippen molar-refractivity contribution in [3.05, 3.63) is 94.0 Å². The molecule has 0 bridgehead atoms. The molecule has 4 heterocycles. The maximum atomic E-state index is 14.9. The lowest BCUT2D eigenvalue weighted by Crippen LogP contribution is -2.27. The number of nitrogens with zero attached hydrogens (tertiary/aromatic N) is 6. The second kappa shape index (κ2) is 8.87. The molecule has 1 aliphatic rings. The van der Waals surface area contributed by atoms with E-state index in [0.717, 1.165) is 16.7 Å². The van der Waals surface area contributed by atoms with Crippen LogP contribution in [0.25, 0.3) is 38.9 Å². The van der Waals surface area contributed by atoms with Crippen LogP contribution in [0.4, 0.5) is 10.2 Å². The fraction of sp³-hybridized carbons (Fsp3) is 0.138. The second-order valence-corrected chi connectivity index (χ2v) is 9.57. The molecule has 198 valence electrons. The minimum Gasteiger partial charge on any atom is -0.454 e. The van der Waals surface area contributed by atoms with Gasteiger partial charge in [0.1, 0.15) is 41.4 Å². The van der Waals surface area contributed by atoms with Gasteiger partial charge in [-0.25, -0.2) is 24.0 Å². The highest BCUT2D eigenvalue weighted by molar-refractivity contribution is 5.98. The summed E-state index contributed by atoms with van der Waals surface area (Å²) in [5, 5.41) is 5.33. The third-order valence-corrected chi connectivity index (χ3v) is 7.08. The summed E-state index contributed by atoms with van der Waals surface area (Å²) in [7, 11) is 0. The largest absolute Gasteiger partial charge is 0.454 e. The number of halogens is 1. The smallest absolute Gasteiger partial charge is 0.269 e. The first kappa shape index (κ1) is 23.8. The van der Waals surface area contributed by atoms with E-state index in [1.54, 1.807) is 16.8 Å². The zero-order valence-electron chi connectivity index (χ0n) is 21.6. The van der Waals surface area contributed by atoms with Gasteiger partial charge in [-0.2, -0.15) is 5.10 Å². The molecule has 3 aromatic heterocycles. The van der Waals surface area contributed by atoms with Gasteiger partial charge >= 0.3 is 0 Å². The van der Waals surface area contributed by atoms with Gasteiger partial charge in [0.15, 0.2) is 17.1 Å². The number of anilines is 1. The van der Waals surface area contributed by atoms with Crippen molar-refractivity contribution >= 4 is 27.8 Å². The van der Waals surface area contributed by atoms with Gasteiger partial charge in [-0.15, -0.1) is 0 Å². The minimum absolute atomic E-state index is 0.0486. The highest BCUT2D eigenvalue weighted by Gasteiger charge is 2.23. The summed E-state index contributed by atoms with van der Waals surface area (Å²) in [6, 6.07) is 15.6. The predicted molar refractivity (Wildman–Crippen MR) is 147 cm³/mol. The van der Waals surface area contributed by atoms with Crippen LogP contribution in [0.15, 0.2) is 65.7 Å². The topological polar surface area (TPSA) is 123 Å². The van der Waals surface area contributed by atoms with E-state index >= 15 is 0 Å². The van der Waals surface area contributed by atoms with Gasteiger partial charge in [0.25, 0.3) is 5.56 Å². The number of fused-ring (bicyclic) bond motifs is 3. The molecule has 0 amide bonds. The summed E-state index contributed by atoms with van der Waals surface area (Å²) in [6.45, 7) is 3.99. The van der Waals surface area contributed by atoms with Gasteiger partial charge in [0.2, 0.25) is 6.79 Å². The number of nitrogen functional groups attached to an aromatic ring is 1. The second-order valence-electron chi connectivity index (χ2n) is 9.57. The van der Waals surface area contributed by atoms with Crippen molar-refractivity contribution in [2.45, 2.75) is 20.4 Å². The molecule has 0 radical (unpaired) electrons. The SMILES string of the molecule is Cc1cccc(C)c1-n1c(Cn2nc(-c3ccc4c(c3)OCO4)c3c(N)ncnc32)nc2cccc(F)c2c1=O. The summed E-state index contributed by atoms with van der Waals surface area (Å²) in [5.41, 5.74) is 10.1. The van der Waals surface area contributed by atoms with Crippen LogP contribution < -0.4 is 20.8 Å². The van der Waals surface area contributed by atoms with Crippen LogP contribution >= 0.6 is 0 Å². The van der Waals surface area contributed by atoms with Crippen molar-refractivity contribution in [2.75, 3.05) is 12.5 Å². The summed E-state index contributed by atoms with van der Waals surface area (Å²) >= 11 is 0. The third kappa shape index (κ3) is 3.58. The molecular weight excluding hydrogens is 513 g/mol. The number of aromatic nitrogens is 6. The van der Waals surface area contributed by atoms with Gasteiger partial charge in [-0.1, -0.05) is 24.3 Å². The Balaban J connectivity index is 1.48. The molecule has 0 aliphatic carbocycles. The predicted octanol–water partition coefficient (Wildman–Crippen LogP) is 4.31. The average Bonchev–Trinajstić information content (AvgIpc) is 3.55. The Kier molecular flexibility index (Phi) is 5.27. The van der Waals surface area contributed by atoms with E-state index < -0.39 is 11.4 Å². The zero-order chi connectivity index (χ0) is 27.5. The molecule has 2 N–H and O–H groups in total. The molecule has 1 aliphatic heterocycles. The number of aryl methyl sites for hydroxylation is 2. The Hall–Kier alpha value is -5.32. The Morgan fingerprint density at radius 1 is 0.975 bits per heavy atom. The molecule has 0 unspecified atom stereocenters. The van der Waals surface area contributed by atoms with Crippen molar-refractivity contribution in [2.24, 2.45) is 0 Å². The maximum Gasteiger partial charge on any atom is 0.269 e. The van der Waals surface area contributed by atoms with Crippen LogP contribution in [0, 0.1) is 19.7 Å². The van der Waals surface area contributed by atoms with Crippen molar-refractivity contribution in [1.29, 1.82) is 0 Å². The quantitative estimate of drug-likeness (QED) is 0.354. The highest BCUT2D eigenvalue weighted by Crippen LogP contribution is 2.38. The number of nitrogens with two attached hydrogens (primary N) is 1. The number of hydrogen-bond donors (Lipinski definition) is 1. The van der Waals surface area contributed by atoms with E-state index in [4.69, 9.17) is 25.3 Å². The van der Waals surface area contributed by atoms with E-state index in [1.807, 2.05) is 44.2 Å². The normalized spacial score (nSPS) is 12.5. The van der Waals surface area contributed by atoms with E-state index in [-0.39, 0.29) is 30.1 Å². The Labute approximate surface area is 226 Å². The van der Waals surface area contributed by atoms with Crippen LogP contribution in [0.3, 0.4) is 0 Å². The van der Waals surface area contributed by atoms with Crippen molar-refractivity contribution in [1.82, 2.24) is 29.3 Å². The molecule has 11 heteroatoms. The van der Waals surface area contributed by atoms with Crippen molar-refractivity contribution in [3.63, 3.8) is 0 Å². The van der Waals surface area contributed by atoms with Crippen molar-refractivity contribution < 1.29 is 13.9 Å². The van der Waals surface area contributed by atoms with E-state index in [2.05, 4.69) is 9.97 Å². The summed E-state index contributed by atoms with van der Waals surface area (Å²) in [6.07, 6.45) is 1.36. The fourth-order valence-electron chi connectivity index (χ4n) is 5.25. The third-order valence-electron chi connectivity index (χ3n) is 7.08. The molecule has 0 atom stereocenters. The lowest BCUT2D eigenvalue weighted by molar-refractivity contribution is 0.174. The number of benzene rings is 3. The van der Waals surface area contributed by atoms with Gasteiger partial charge in [0.05, 0.1) is 16.6 Å². The number of para-hydroxylation sites is 1. The van der Waals surface area contributed by atoms with Gasteiger partial charge in [0, 0.05) is 5.56 Å². The lowest BCUT2D eigenvalue weighted by atomic mass is 10.1. The Morgan fingerprint density at radius 2 is 1.75 bits per heavy atom. The maximum absolute atomic E-state index is 14.9. The lowest BCUT2D eigenvalue weighted by Gasteiger charge is -2.18. The van der Waals surface area contributed by atoms with E-state index in [9.17, 15) is 9.18 Å². The standard InChI is InChI=1S/C29H22FN7O3/c1-15-5-3-6-16(2)26(15)37-22(34-19-8-4-7-18(30)23(19)29(37)38)12-36-28-24(27(31)32-13-33-28)25(35-36)17-9-10-20-21(11-17)40-14-39-20/h3-11,13H,12,14H2,1-2H3,(H2,31,32,33). The van der Waals surface area contributed by atoms with E-state index in [0.29, 0.717) is 39.7 Å². The highest BCUT2D eigenvalue weighted by atomic mass is 19.1. The molecule has 0 saturated carbocycles. The first-order chi connectivity index (χ1) is 19.4. The van der Waals surface area contributed by atoms with E-state index in [1.165, 1.54) is 23.0 Å². The molecule has 6 aromatic rings. The average molecular weight is 536 g/mol. The molecule has 0 fully saturated rings. The van der Waals surface area contributed by atoms with Crippen LogP contribution in [-0.2, 0) is 6.54 Å². The van der Waals surface area contributed by atoms with Gasteiger partial charge in [-0.3, -0.25) is 9.36 Å². The molecule has 0 spiro atoms. The first-order valence-electron chi connectivity index (χ1n) is 12.5. The number of hydrogen-bond acceptors (Lipinski definition) is 8. The summed E-state index contributed by atoms with van der Waals surface area (Å²) in [4.78, 5) is 27.3. The molecule has 0 saturated heterocycles. The van der Waals surface area contributed by atoms with Crippen LogP contribution in [0.1, 0.15) is 17.0 Å².